The predicted molar refractivity (Wildman–Crippen MR) is 130 cm³/mol. The molecular weight excluding hydrogens is 426 g/mol. The molecule has 0 aromatic heterocycles. The van der Waals surface area contributed by atoms with Crippen molar-refractivity contribution in [1.82, 2.24) is 14.7 Å². The average molecular weight is 460 g/mol. The van der Waals surface area contributed by atoms with Crippen LogP contribution in [0.1, 0.15) is 60.5 Å². The van der Waals surface area contributed by atoms with E-state index in [9.17, 15) is 14.4 Å². The van der Waals surface area contributed by atoms with E-state index < -0.39 is 11.5 Å². The Hall–Kier alpha value is -3.15. The van der Waals surface area contributed by atoms with Gasteiger partial charge in [0.2, 0.25) is 11.8 Å². The molecule has 0 radical (unpaired) electrons. The van der Waals surface area contributed by atoms with Gasteiger partial charge in [-0.1, -0.05) is 48.5 Å². The molecule has 3 heterocycles. The Bertz CT molecular complexity index is 1090. The SMILES string of the molecule is CC(C)N1C(=O)c2ccccc2C(C(=O)N2CCC2)C12CCN(C(=O)Cc1ccccc1)CC2. The van der Waals surface area contributed by atoms with E-state index in [1.54, 1.807) is 0 Å². The third-order valence-electron chi connectivity index (χ3n) is 7.85. The first-order chi connectivity index (χ1) is 16.4. The van der Waals surface area contributed by atoms with Crippen molar-refractivity contribution in [1.29, 1.82) is 0 Å². The molecule has 34 heavy (non-hydrogen) atoms. The van der Waals surface area contributed by atoms with Crippen molar-refractivity contribution in [2.45, 2.75) is 57.0 Å². The van der Waals surface area contributed by atoms with Crippen LogP contribution in [0.4, 0.5) is 0 Å². The molecule has 0 saturated carbocycles. The van der Waals surface area contributed by atoms with Gasteiger partial charge in [0, 0.05) is 37.8 Å². The van der Waals surface area contributed by atoms with E-state index in [4.69, 9.17) is 0 Å². The first-order valence-electron chi connectivity index (χ1n) is 12.5. The predicted octanol–water partition coefficient (Wildman–Crippen LogP) is 3.47. The third kappa shape index (κ3) is 3.69. The molecule has 1 unspecified atom stereocenters. The molecule has 6 nitrogen and oxygen atoms in total. The fourth-order valence-corrected chi connectivity index (χ4v) is 6.09. The maximum absolute atomic E-state index is 13.9. The highest BCUT2D eigenvalue weighted by Gasteiger charge is 2.57. The van der Waals surface area contributed by atoms with Crippen molar-refractivity contribution >= 4 is 17.7 Å². The summed E-state index contributed by atoms with van der Waals surface area (Å²) in [5, 5.41) is 0. The molecule has 2 fully saturated rings. The summed E-state index contributed by atoms with van der Waals surface area (Å²) < 4.78 is 0. The lowest BCUT2D eigenvalue weighted by Crippen LogP contribution is -2.68. The van der Waals surface area contributed by atoms with E-state index in [2.05, 4.69) is 0 Å². The number of hydrogen-bond donors (Lipinski definition) is 0. The lowest BCUT2D eigenvalue weighted by Gasteiger charge is -2.57. The minimum Gasteiger partial charge on any atom is -0.342 e. The van der Waals surface area contributed by atoms with E-state index in [0.717, 1.165) is 30.6 Å². The van der Waals surface area contributed by atoms with Gasteiger partial charge in [-0.25, -0.2) is 0 Å². The summed E-state index contributed by atoms with van der Waals surface area (Å²) in [5.74, 6) is -0.163. The first kappa shape index (κ1) is 22.6. The zero-order valence-electron chi connectivity index (χ0n) is 20.1. The van der Waals surface area contributed by atoms with Gasteiger partial charge < -0.3 is 14.7 Å². The number of fused-ring (bicyclic) bond motifs is 1. The molecule has 3 amide bonds. The third-order valence-corrected chi connectivity index (χ3v) is 7.85. The molecule has 0 N–H and O–H groups in total. The molecule has 1 spiro atoms. The van der Waals surface area contributed by atoms with E-state index in [1.165, 1.54) is 0 Å². The van der Waals surface area contributed by atoms with Gasteiger partial charge in [0.25, 0.3) is 5.91 Å². The first-order valence-corrected chi connectivity index (χ1v) is 12.5. The summed E-state index contributed by atoms with van der Waals surface area (Å²) in [5.41, 5.74) is 1.88. The quantitative estimate of drug-likeness (QED) is 0.704. The Balaban J connectivity index is 1.48. The van der Waals surface area contributed by atoms with Crippen LogP contribution >= 0.6 is 0 Å². The van der Waals surface area contributed by atoms with Gasteiger partial charge in [-0.05, 0) is 50.3 Å². The number of carbonyl (C=O) groups is 3. The molecule has 2 aromatic carbocycles. The number of benzene rings is 2. The van der Waals surface area contributed by atoms with Crippen molar-refractivity contribution in [3.8, 4) is 0 Å². The monoisotopic (exact) mass is 459 g/mol. The summed E-state index contributed by atoms with van der Waals surface area (Å²) in [6.45, 7) is 6.73. The van der Waals surface area contributed by atoms with Crippen LogP contribution in [0.25, 0.3) is 0 Å². The maximum atomic E-state index is 13.9. The largest absolute Gasteiger partial charge is 0.342 e. The number of likely N-dealkylation sites (tertiary alicyclic amines) is 2. The molecule has 0 bridgehead atoms. The van der Waals surface area contributed by atoms with Gasteiger partial charge in [-0.3, -0.25) is 14.4 Å². The highest BCUT2D eigenvalue weighted by Crippen LogP contribution is 2.49. The maximum Gasteiger partial charge on any atom is 0.254 e. The second-order valence-corrected chi connectivity index (χ2v) is 10.1. The number of piperidine rings is 1. The molecule has 5 rings (SSSR count). The fraction of sp³-hybridized carbons (Fsp3) is 0.464. The van der Waals surface area contributed by atoms with Crippen LogP contribution in [0, 0.1) is 0 Å². The Labute approximate surface area is 201 Å². The zero-order chi connectivity index (χ0) is 23.9. The normalized spacial score (nSPS) is 21.4. The number of rotatable bonds is 4. The number of carbonyl (C=O) groups excluding carboxylic acids is 3. The van der Waals surface area contributed by atoms with Crippen molar-refractivity contribution in [3.63, 3.8) is 0 Å². The van der Waals surface area contributed by atoms with Crippen molar-refractivity contribution in [3.05, 3.63) is 71.3 Å². The average Bonchev–Trinajstić information content (AvgIpc) is 2.79. The molecule has 3 aliphatic heterocycles. The van der Waals surface area contributed by atoms with Gasteiger partial charge in [0.1, 0.15) is 0 Å². The molecular formula is C28H33N3O3. The molecule has 6 heteroatoms. The van der Waals surface area contributed by atoms with Gasteiger partial charge in [0.05, 0.1) is 17.9 Å². The van der Waals surface area contributed by atoms with Gasteiger partial charge >= 0.3 is 0 Å². The van der Waals surface area contributed by atoms with Gasteiger partial charge in [0.15, 0.2) is 0 Å². The topological polar surface area (TPSA) is 60.9 Å². The lowest BCUT2D eigenvalue weighted by atomic mass is 9.66. The Morgan fingerprint density at radius 1 is 0.912 bits per heavy atom. The van der Waals surface area contributed by atoms with E-state index >= 15 is 0 Å². The minimum atomic E-state index is -0.615. The second kappa shape index (κ2) is 8.90. The number of hydrogen-bond acceptors (Lipinski definition) is 3. The zero-order valence-corrected chi connectivity index (χ0v) is 20.1. The fourth-order valence-electron chi connectivity index (χ4n) is 6.09. The van der Waals surface area contributed by atoms with E-state index in [0.29, 0.717) is 37.9 Å². The van der Waals surface area contributed by atoms with Gasteiger partial charge in [-0.15, -0.1) is 0 Å². The smallest absolute Gasteiger partial charge is 0.254 e. The van der Waals surface area contributed by atoms with Crippen molar-refractivity contribution < 1.29 is 14.4 Å². The van der Waals surface area contributed by atoms with Crippen molar-refractivity contribution in [2.75, 3.05) is 26.2 Å². The van der Waals surface area contributed by atoms with Crippen LogP contribution in [0.15, 0.2) is 54.6 Å². The number of nitrogens with zero attached hydrogens (tertiary/aromatic N) is 3. The summed E-state index contributed by atoms with van der Waals surface area (Å²) >= 11 is 0. The summed E-state index contributed by atoms with van der Waals surface area (Å²) in [4.78, 5) is 46.5. The van der Waals surface area contributed by atoms with Crippen LogP contribution in [-0.4, -0.2) is 70.2 Å². The Kier molecular flexibility index (Phi) is 5.92. The minimum absolute atomic E-state index is 0.00215. The number of amides is 3. The Morgan fingerprint density at radius 3 is 2.18 bits per heavy atom. The molecule has 0 aliphatic carbocycles. The highest BCUT2D eigenvalue weighted by atomic mass is 16.2. The lowest BCUT2D eigenvalue weighted by molar-refractivity contribution is -0.143. The summed E-state index contributed by atoms with van der Waals surface area (Å²) in [6, 6.07) is 17.4. The molecule has 2 saturated heterocycles. The molecule has 2 aromatic rings. The van der Waals surface area contributed by atoms with Crippen molar-refractivity contribution in [2.24, 2.45) is 0 Å². The van der Waals surface area contributed by atoms with Crippen LogP contribution in [-0.2, 0) is 16.0 Å². The molecule has 3 aliphatic rings. The van der Waals surface area contributed by atoms with Crippen LogP contribution in [0.3, 0.4) is 0 Å². The second-order valence-electron chi connectivity index (χ2n) is 10.1. The van der Waals surface area contributed by atoms with E-state index in [-0.39, 0.29) is 23.8 Å². The highest BCUT2D eigenvalue weighted by molar-refractivity contribution is 6.02. The summed E-state index contributed by atoms with van der Waals surface area (Å²) in [7, 11) is 0. The van der Waals surface area contributed by atoms with E-state index in [1.807, 2.05) is 83.1 Å². The standard InChI is InChI=1S/C28H33N3O3/c1-20(2)31-26(33)23-12-7-6-11-22(23)25(27(34)30-15-8-16-30)28(31)13-17-29(18-14-28)24(32)19-21-9-4-3-5-10-21/h3-7,9-12,20,25H,8,13-19H2,1-2H3. The Morgan fingerprint density at radius 2 is 1.56 bits per heavy atom. The van der Waals surface area contributed by atoms with Gasteiger partial charge in [-0.2, -0.15) is 0 Å². The molecule has 1 atom stereocenters. The molecule has 178 valence electrons. The van der Waals surface area contributed by atoms with Crippen LogP contribution in [0.5, 0.6) is 0 Å². The summed E-state index contributed by atoms with van der Waals surface area (Å²) in [6.07, 6.45) is 2.62. The van der Waals surface area contributed by atoms with Crippen LogP contribution < -0.4 is 0 Å². The van der Waals surface area contributed by atoms with Crippen LogP contribution in [0.2, 0.25) is 0 Å².